The summed E-state index contributed by atoms with van der Waals surface area (Å²) in [6, 6.07) is 1.99. The van der Waals surface area contributed by atoms with Crippen LogP contribution in [0.15, 0.2) is 0 Å². The lowest BCUT2D eigenvalue weighted by Crippen LogP contribution is -2.45. The number of nitrogens with zero attached hydrogens (tertiary/aromatic N) is 5. The minimum Gasteiger partial charge on any atom is -0.322 e. The van der Waals surface area contributed by atoms with Crippen molar-refractivity contribution in [2.75, 3.05) is 33.2 Å². The molecule has 2 heterocycles. The van der Waals surface area contributed by atoms with Gasteiger partial charge < -0.3 is 9.47 Å². The van der Waals surface area contributed by atoms with Crippen molar-refractivity contribution in [3.63, 3.8) is 0 Å². The van der Waals surface area contributed by atoms with Gasteiger partial charge in [0.2, 0.25) is 0 Å². The Morgan fingerprint density at radius 2 is 1.89 bits per heavy atom. The third kappa shape index (κ3) is 2.37. The van der Waals surface area contributed by atoms with Crippen molar-refractivity contribution in [3.8, 4) is 6.07 Å². The minimum absolute atomic E-state index is 0.342. The molecular weight excluding hydrogens is 250 g/mol. The van der Waals surface area contributed by atoms with E-state index in [4.69, 9.17) is 11.6 Å². The summed E-state index contributed by atoms with van der Waals surface area (Å²) in [5.41, 5.74) is 0.684. The van der Waals surface area contributed by atoms with Crippen LogP contribution < -0.4 is 0 Å². The molecule has 1 atom stereocenters. The molecule has 0 N–H and O–H groups in total. The molecule has 0 aliphatic carbocycles. The number of hydrogen-bond acceptors (Lipinski definition) is 4. The van der Waals surface area contributed by atoms with Gasteiger partial charge >= 0.3 is 0 Å². The van der Waals surface area contributed by atoms with Crippen LogP contribution in [0.3, 0.4) is 0 Å². The first-order valence-corrected chi connectivity index (χ1v) is 6.43. The highest BCUT2D eigenvalue weighted by molar-refractivity contribution is 6.30. The molecule has 1 aliphatic rings. The summed E-state index contributed by atoms with van der Waals surface area (Å²) in [6.45, 7) is 5.60. The van der Waals surface area contributed by atoms with Crippen LogP contribution in [0.4, 0.5) is 0 Å². The molecule has 1 aromatic heterocycles. The van der Waals surface area contributed by atoms with E-state index in [0.717, 1.165) is 32.0 Å². The number of halogens is 1. The monoisotopic (exact) mass is 267 g/mol. The van der Waals surface area contributed by atoms with E-state index in [-0.39, 0.29) is 6.04 Å². The maximum absolute atomic E-state index is 9.41. The first-order chi connectivity index (χ1) is 8.54. The van der Waals surface area contributed by atoms with Crippen molar-refractivity contribution >= 4 is 11.6 Å². The number of imidazole rings is 1. The van der Waals surface area contributed by atoms with Crippen molar-refractivity contribution in [1.82, 2.24) is 19.4 Å². The van der Waals surface area contributed by atoms with E-state index >= 15 is 0 Å². The zero-order valence-corrected chi connectivity index (χ0v) is 11.8. The number of rotatable bonds is 2. The molecule has 1 fully saturated rings. The van der Waals surface area contributed by atoms with Crippen LogP contribution in [0.2, 0.25) is 5.15 Å². The van der Waals surface area contributed by atoms with Gasteiger partial charge in [-0.05, 0) is 14.0 Å². The van der Waals surface area contributed by atoms with Crippen LogP contribution in [0.1, 0.15) is 17.6 Å². The zero-order valence-electron chi connectivity index (χ0n) is 11.0. The van der Waals surface area contributed by atoms with Crippen LogP contribution in [0.25, 0.3) is 0 Å². The predicted octanol–water partition coefficient (Wildman–Crippen LogP) is 1.19. The molecule has 2 rings (SSSR count). The quantitative estimate of drug-likeness (QED) is 0.808. The number of likely N-dealkylation sites (N-methyl/N-ethyl adjacent to an activating group) is 1. The first kappa shape index (κ1) is 13.3. The second kappa shape index (κ2) is 5.27. The Labute approximate surface area is 113 Å². The molecule has 98 valence electrons. The third-order valence-electron chi connectivity index (χ3n) is 3.56. The molecule has 6 heteroatoms. The summed E-state index contributed by atoms with van der Waals surface area (Å²) in [5.74, 6) is 0.837. The van der Waals surface area contributed by atoms with Crippen molar-refractivity contribution < 1.29 is 0 Å². The van der Waals surface area contributed by atoms with E-state index in [9.17, 15) is 5.26 Å². The minimum atomic E-state index is -0.342. The molecule has 0 radical (unpaired) electrons. The van der Waals surface area contributed by atoms with Gasteiger partial charge in [0.1, 0.15) is 22.7 Å². The second-order valence-corrected chi connectivity index (χ2v) is 5.12. The largest absolute Gasteiger partial charge is 0.322 e. The van der Waals surface area contributed by atoms with E-state index in [1.807, 2.05) is 18.5 Å². The van der Waals surface area contributed by atoms with Gasteiger partial charge in [-0.2, -0.15) is 5.26 Å². The van der Waals surface area contributed by atoms with Gasteiger partial charge in [0.05, 0.1) is 6.07 Å². The van der Waals surface area contributed by atoms with Crippen molar-refractivity contribution in [2.45, 2.75) is 13.0 Å². The van der Waals surface area contributed by atoms with Crippen molar-refractivity contribution in [3.05, 3.63) is 16.7 Å². The molecule has 18 heavy (non-hydrogen) atoms. The van der Waals surface area contributed by atoms with Gasteiger partial charge in [0.25, 0.3) is 0 Å². The first-order valence-electron chi connectivity index (χ1n) is 6.05. The molecule has 0 spiro atoms. The van der Waals surface area contributed by atoms with Gasteiger partial charge in [0, 0.05) is 33.2 Å². The smallest absolute Gasteiger partial charge is 0.144 e. The Bertz CT molecular complexity index is 468. The van der Waals surface area contributed by atoms with E-state index < -0.39 is 0 Å². The summed E-state index contributed by atoms with van der Waals surface area (Å²) in [6.07, 6.45) is 0. The van der Waals surface area contributed by atoms with Gasteiger partial charge in [-0.3, -0.25) is 4.90 Å². The molecule has 0 aromatic carbocycles. The number of aryl methyl sites for hydroxylation is 1. The van der Waals surface area contributed by atoms with Crippen LogP contribution >= 0.6 is 11.6 Å². The fraction of sp³-hybridized carbons (Fsp3) is 0.667. The molecule has 1 aromatic rings. The van der Waals surface area contributed by atoms with Crippen LogP contribution in [-0.4, -0.2) is 52.6 Å². The molecule has 1 saturated heterocycles. The van der Waals surface area contributed by atoms with Gasteiger partial charge in [-0.1, -0.05) is 11.6 Å². The molecule has 5 nitrogen and oxygen atoms in total. The molecule has 0 saturated carbocycles. The fourth-order valence-electron chi connectivity index (χ4n) is 2.18. The number of nitriles is 1. The maximum Gasteiger partial charge on any atom is 0.144 e. The SMILES string of the molecule is Cc1nc(C(C#N)N2CCN(C)CC2)c(Cl)n1C. The Balaban J connectivity index is 2.23. The van der Waals surface area contributed by atoms with Crippen LogP contribution in [0, 0.1) is 18.3 Å². The number of aromatic nitrogens is 2. The Hall–Kier alpha value is -1.09. The summed E-state index contributed by atoms with van der Waals surface area (Å²) in [4.78, 5) is 8.84. The lowest BCUT2D eigenvalue weighted by atomic mass is 10.2. The van der Waals surface area contributed by atoms with Crippen molar-refractivity contribution in [2.24, 2.45) is 7.05 Å². The summed E-state index contributed by atoms with van der Waals surface area (Å²) in [7, 11) is 3.96. The molecule has 1 unspecified atom stereocenters. The highest BCUT2D eigenvalue weighted by Gasteiger charge is 2.28. The van der Waals surface area contributed by atoms with E-state index in [2.05, 4.69) is 27.9 Å². The van der Waals surface area contributed by atoms with Crippen LogP contribution in [0.5, 0.6) is 0 Å². The van der Waals surface area contributed by atoms with Crippen molar-refractivity contribution in [1.29, 1.82) is 5.26 Å². The highest BCUT2D eigenvalue weighted by Crippen LogP contribution is 2.27. The topological polar surface area (TPSA) is 48.1 Å². The van der Waals surface area contributed by atoms with E-state index in [1.165, 1.54) is 0 Å². The molecule has 1 aliphatic heterocycles. The molecule has 0 bridgehead atoms. The van der Waals surface area contributed by atoms with Crippen LogP contribution in [-0.2, 0) is 7.05 Å². The second-order valence-electron chi connectivity index (χ2n) is 4.76. The third-order valence-corrected chi connectivity index (χ3v) is 4.00. The lowest BCUT2D eigenvalue weighted by Gasteiger charge is -2.34. The van der Waals surface area contributed by atoms with Gasteiger partial charge in [-0.25, -0.2) is 4.98 Å². The molecule has 0 amide bonds. The average molecular weight is 268 g/mol. The fourth-order valence-corrected chi connectivity index (χ4v) is 2.45. The Kier molecular flexibility index (Phi) is 3.91. The standard InChI is InChI=1S/C12H18ClN5/c1-9-15-11(12(13)17(9)3)10(8-14)18-6-4-16(2)5-7-18/h10H,4-7H2,1-3H3. The lowest BCUT2D eigenvalue weighted by molar-refractivity contribution is 0.131. The van der Waals surface area contributed by atoms with Gasteiger partial charge in [-0.15, -0.1) is 0 Å². The Morgan fingerprint density at radius 1 is 1.28 bits per heavy atom. The summed E-state index contributed by atoms with van der Waals surface area (Å²) >= 11 is 6.25. The molecular formula is C12H18ClN5. The predicted molar refractivity (Wildman–Crippen MR) is 70.4 cm³/mol. The number of hydrogen-bond donors (Lipinski definition) is 0. The maximum atomic E-state index is 9.41. The summed E-state index contributed by atoms with van der Waals surface area (Å²) < 4.78 is 1.82. The summed E-state index contributed by atoms with van der Waals surface area (Å²) in [5, 5.41) is 9.98. The Morgan fingerprint density at radius 3 is 2.33 bits per heavy atom. The van der Waals surface area contributed by atoms with E-state index in [0.29, 0.717) is 10.8 Å². The highest BCUT2D eigenvalue weighted by atomic mass is 35.5. The van der Waals surface area contributed by atoms with Gasteiger partial charge in [0.15, 0.2) is 0 Å². The zero-order chi connectivity index (χ0) is 13.3. The van der Waals surface area contributed by atoms with E-state index in [1.54, 1.807) is 0 Å². The normalized spacial score (nSPS) is 19.7. The average Bonchev–Trinajstić information content (AvgIpc) is 2.61. The number of piperazine rings is 1.